The Balaban J connectivity index is 2.63. The zero-order chi connectivity index (χ0) is 15.6. The molecule has 0 atom stereocenters. The van der Waals surface area contributed by atoms with Crippen molar-refractivity contribution in [3.05, 3.63) is 40.6 Å². The van der Waals surface area contributed by atoms with Crippen molar-refractivity contribution in [1.29, 1.82) is 0 Å². The van der Waals surface area contributed by atoms with Crippen molar-refractivity contribution in [3.8, 4) is 11.4 Å². The Kier molecular flexibility index (Phi) is 4.61. The van der Waals surface area contributed by atoms with Crippen molar-refractivity contribution < 1.29 is 0 Å². The van der Waals surface area contributed by atoms with Crippen molar-refractivity contribution in [2.24, 2.45) is 0 Å². The van der Waals surface area contributed by atoms with Crippen LogP contribution in [0.25, 0.3) is 11.4 Å². The van der Waals surface area contributed by atoms with Crippen LogP contribution in [-0.2, 0) is 0 Å². The lowest BCUT2D eigenvalue weighted by Gasteiger charge is -2.17. The monoisotopic (exact) mass is 283 g/mol. The first kappa shape index (κ1) is 15.5. The van der Waals surface area contributed by atoms with E-state index in [4.69, 9.17) is 9.97 Å². The second-order valence-electron chi connectivity index (χ2n) is 5.83. The normalized spacial score (nSPS) is 11.0. The number of aryl methyl sites for hydroxylation is 2. The average molecular weight is 283 g/mol. The summed E-state index contributed by atoms with van der Waals surface area (Å²) in [6.07, 6.45) is 0. The van der Waals surface area contributed by atoms with Crippen LogP contribution in [0.4, 0.5) is 5.82 Å². The molecule has 0 saturated heterocycles. The largest absolute Gasteiger partial charge is 0.370 e. The summed E-state index contributed by atoms with van der Waals surface area (Å²) in [6.45, 7) is 13.7. The van der Waals surface area contributed by atoms with Gasteiger partial charge in [0.05, 0.1) is 0 Å². The summed E-state index contributed by atoms with van der Waals surface area (Å²) in [5.41, 5.74) is 5.91. The topological polar surface area (TPSA) is 37.8 Å². The zero-order valence-electron chi connectivity index (χ0n) is 13.9. The Labute approximate surface area is 127 Å². The van der Waals surface area contributed by atoms with E-state index in [0.717, 1.165) is 29.4 Å². The first-order valence-corrected chi connectivity index (χ1v) is 7.64. The van der Waals surface area contributed by atoms with E-state index in [2.05, 4.69) is 65.1 Å². The second kappa shape index (κ2) is 6.25. The van der Waals surface area contributed by atoms with Crippen molar-refractivity contribution >= 4 is 5.82 Å². The lowest BCUT2D eigenvalue weighted by Crippen LogP contribution is -2.10. The molecule has 0 aliphatic rings. The van der Waals surface area contributed by atoms with Crippen molar-refractivity contribution in [2.75, 3.05) is 11.9 Å². The van der Waals surface area contributed by atoms with Crippen LogP contribution in [0.15, 0.2) is 18.2 Å². The van der Waals surface area contributed by atoms with Crippen LogP contribution in [0.1, 0.15) is 49.1 Å². The molecule has 0 aliphatic heterocycles. The number of rotatable bonds is 4. The SMILES string of the molecule is CCNc1nc(-c2cccc(C)c2C)nc(C)c1C(C)C. The highest BCUT2D eigenvalue weighted by atomic mass is 15.0. The molecule has 0 saturated carbocycles. The number of hydrogen-bond acceptors (Lipinski definition) is 3. The van der Waals surface area contributed by atoms with E-state index < -0.39 is 0 Å². The van der Waals surface area contributed by atoms with Gasteiger partial charge < -0.3 is 5.32 Å². The van der Waals surface area contributed by atoms with E-state index in [1.807, 2.05) is 0 Å². The van der Waals surface area contributed by atoms with E-state index in [9.17, 15) is 0 Å². The summed E-state index contributed by atoms with van der Waals surface area (Å²) in [5, 5.41) is 3.39. The Morgan fingerprint density at radius 3 is 2.43 bits per heavy atom. The lowest BCUT2D eigenvalue weighted by molar-refractivity contribution is 0.831. The van der Waals surface area contributed by atoms with Crippen LogP contribution in [0.2, 0.25) is 0 Å². The van der Waals surface area contributed by atoms with Crippen LogP contribution in [0.3, 0.4) is 0 Å². The van der Waals surface area contributed by atoms with Crippen LogP contribution < -0.4 is 5.32 Å². The Morgan fingerprint density at radius 2 is 1.81 bits per heavy atom. The second-order valence-corrected chi connectivity index (χ2v) is 5.83. The summed E-state index contributed by atoms with van der Waals surface area (Å²) in [6, 6.07) is 6.29. The predicted molar refractivity (Wildman–Crippen MR) is 89.9 cm³/mol. The molecule has 21 heavy (non-hydrogen) atoms. The van der Waals surface area contributed by atoms with E-state index in [-0.39, 0.29) is 0 Å². The molecular formula is C18H25N3. The summed E-state index contributed by atoms with van der Waals surface area (Å²) in [4.78, 5) is 9.55. The number of aromatic nitrogens is 2. The van der Waals surface area contributed by atoms with Gasteiger partial charge in [0.15, 0.2) is 5.82 Å². The van der Waals surface area contributed by atoms with Gasteiger partial charge in [0.1, 0.15) is 5.82 Å². The van der Waals surface area contributed by atoms with E-state index in [0.29, 0.717) is 5.92 Å². The van der Waals surface area contributed by atoms with Gasteiger partial charge in [-0.15, -0.1) is 0 Å². The standard InChI is InChI=1S/C18H25N3/c1-7-19-18-16(11(2)3)14(6)20-17(21-18)15-10-8-9-12(4)13(15)5/h8-11H,7H2,1-6H3,(H,19,20,21). The van der Waals surface area contributed by atoms with Crippen LogP contribution in [0, 0.1) is 20.8 Å². The maximum Gasteiger partial charge on any atom is 0.162 e. The van der Waals surface area contributed by atoms with Gasteiger partial charge in [0.25, 0.3) is 0 Å². The zero-order valence-corrected chi connectivity index (χ0v) is 13.9. The number of hydrogen-bond donors (Lipinski definition) is 1. The van der Waals surface area contributed by atoms with Crippen molar-refractivity contribution in [2.45, 2.75) is 47.5 Å². The molecule has 0 fully saturated rings. The molecule has 1 heterocycles. The molecule has 0 spiro atoms. The lowest BCUT2D eigenvalue weighted by atomic mass is 10.00. The van der Waals surface area contributed by atoms with Crippen LogP contribution in [-0.4, -0.2) is 16.5 Å². The van der Waals surface area contributed by atoms with E-state index in [1.165, 1.54) is 16.7 Å². The van der Waals surface area contributed by atoms with Crippen molar-refractivity contribution in [1.82, 2.24) is 9.97 Å². The molecule has 0 amide bonds. The minimum absolute atomic E-state index is 0.409. The van der Waals surface area contributed by atoms with Crippen LogP contribution in [0.5, 0.6) is 0 Å². The molecule has 0 aliphatic carbocycles. The summed E-state index contributed by atoms with van der Waals surface area (Å²) in [5.74, 6) is 2.19. The summed E-state index contributed by atoms with van der Waals surface area (Å²) in [7, 11) is 0. The molecule has 0 unspecified atom stereocenters. The fourth-order valence-corrected chi connectivity index (χ4v) is 2.69. The maximum absolute atomic E-state index is 4.79. The van der Waals surface area contributed by atoms with Gasteiger partial charge in [-0.2, -0.15) is 0 Å². The fraction of sp³-hybridized carbons (Fsp3) is 0.444. The molecule has 1 aromatic carbocycles. The van der Waals surface area contributed by atoms with Gasteiger partial charge in [0, 0.05) is 23.4 Å². The highest BCUT2D eigenvalue weighted by molar-refractivity contribution is 5.65. The van der Waals surface area contributed by atoms with E-state index in [1.54, 1.807) is 0 Å². The first-order chi connectivity index (χ1) is 9.95. The van der Waals surface area contributed by atoms with Gasteiger partial charge in [-0.25, -0.2) is 9.97 Å². The number of benzene rings is 1. The van der Waals surface area contributed by atoms with E-state index >= 15 is 0 Å². The Morgan fingerprint density at radius 1 is 1.10 bits per heavy atom. The summed E-state index contributed by atoms with van der Waals surface area (Å²) >= 11 is 0. The molecule has 1 aromatic heterocycles. The highest BCUT2D eigenvalue weighted by Crippen LogP contribution is 2.29. The molecule has 0 bridgehead atoms. The molecule has 3 nitrogen and oxygen atoms in total. The predicted octanol–water partition coefficient (Wildman–Crippen LogP) is 4.62. The Hall–Kier alpha value is -1.90. The van der Waals surface area contributed by atoms with Crippen molar-refractivity contribution in [3.63, 3.8) is 0 Å². The van der Waals surface area contributed by atoms with Gasteiger partial charge in [-0.3, -0.25) is 0 Å². The number of nitrogens with zero attached hydrogens (tertiary/aromatic N) is 2. The van der Waals surface area contributed by atoms with Gasteiger partial charge in [-0.05, 0) is 44.7 Å². The number of nitrogens with one attached hydrogen (secondary N) is 1. The average Bonchev–Trinajstić information content (AvgIpc) is 2.41. The third-order valence-corrected chi connectivity index (χ3v) is 3.90. The highest BCUT2D eigenvalue weighted by Gasteiger charge is 2.16. The van der Waals surface area contributed by atoms with Crippen LogP contribution >= 0.6 is 0 Å². The maximum atomic E-state index is 4.79. The quantitative estimate of drug-likeness (QED) is 0.889. The molecule has 2 aromatic rings. The Bertz CT molecular complexity index is 645. The number of anilines is 1. The molecule has 112 valence electrons. The third kappa shape index (κ3) is 3.07. The molecule has 2 rings (SSSR count). The minimum atomic E-state index is 0.409. The molecular weight excluding hydrogens is 258 g/mol. The van der Waals surface area contributed by atoms with Gasteiger partial charge in [0.2, 0.25) is 0 Å². The molecule has 3 heteroatoms. The van der Waals surface area contributed by atoms with Gasteiger partial charge in [-0.1, -0.05) is 32.0 Å². The molecule has 0 radical (unpaired) electrons. The first-order valence-electron chi connectivity index (χ1n) is 7.64. The fourth-order valence-electron chi connectivity index (χ4n) is 2.69. The van der Waals surface area contributed by atoms with Gasteiger partial charge >= 0.3 is 0 Å². The smallest absolute Gasteiger partial charge is 0.162 e. The third-order valence-electron chi connectivity index (χ3n) is 3.90. The molecule has 1 N–H and O–H groups in total. The minimum Gasteiger partial charge on any atom is -0.370 e. The summed E-state index contributed by atoms with van der Waals surface area (Å²) < 4.78 is 0.